The van der Waals surface area contributed by atoms with E-state index in [0.29, 0.717) is 19.3 Å². The SMILES string of the molecule is CC[C@H](NC(=O)OCC1c2ccccc2-c2ccccc21)C(=O)N[C@@H]1CCC[C@@H](C(=O)O)C1. The van der Waals surface area contributed by atoms with Gasteiger partial charge in [-0.2, -0.15) is 0 Å². The third kappa shape index (κ3) is 5.02. The number of carbonyl (C=O) groups excluding carboxylic acids is 2. The molecule has 3 atom stereocenters. The Morgan fingerprint density at radius 2 is 1.67 bits per heavy atom. The van der Waals surface area contributed by atoms with Crippen molar-refractivity contribution in [2.24, 2.45) is 5.92 Å². The van der Waals surface area contributed by atoms with E-state index in [-0.39, 0.29) is 24.5 Å². The minimum atomic E-state index is -0.822. The lowest BCUT2D eigenvalue weighted by Crippen LogP contribution is -2.50. The molecule has 1 fully saturated rings. The minimum absolute atomic E-state index is 0.0488. The van der Waals surface area contributed by atoms with Crippen LogP contribution in [-0.2, 0) is 14.3 Å². The molecule has 0 saturated heterocycles. The van der Waals surface area contributed by atoms with Crippen LogP contribution < -0.4 is 10.6 Å². The summed E-state index contributed by atoms with van der Waals surface area (Å²) in [4.78, 5) is 36.5. The first-order chi connectivity index (χ1) is 16.0. The van der Waals surface area contributed by atoms with E-state index < -0.39 is 24.0 Å². The molecule has 7 nitrogen and oxygen atoms in total. The van der Waals surface area contributed by atoms with Crippen LogP contribution in [0.4, 0.5) is 4.79 Å². The summed E-state index contributed by atoms with van der Waals surface area (Å²) in [7, 11) is 0. The number of fused-ring (bicyclic) bond motifs is 3. The molecule has 0 aliphatic heterocycles. The van der Waals surface area contributed by atoms with Gasteiger partial charge in [-0.3, -0.25) is 9.59 Å². The standard InChI is InChI=1S/C26H30N2O5/c1-2-23(24(29)27-17-9-7-8-16(14-17)25(30)31)28-26(32)33-15-22-20-12-5-3-10-18(20)19-11-4-6-13-21(19)22/h3-6,10-13,16-17,22-23H,2,7-9,14-15H2,1H3,(H,27,29)(H,28,32)(H,30,31)/t16-,17-,23+/m1/s1. The summed E-state index contributed by atoms with van der Waals surface area (Å²) in [5, 5.41) is 14.8. The van der Waals surface area contributed by atoms with Crippen LogP contribution in [0, 0.1) is 5.92 Å². The number of carbonyl (C=O) groups is 3. The smallest absolute Gasteiger partial charge is 0.407 e. The predicted octanol–water partition coefficient (Wildman–Crippen LogP) is 4.06. The van der Waals surface area contributed by atoms with Gasteiger partial charge in [0.1, 0.15) is 12.6 Å². The van der Waals surface area contributed by atoms with Crippen molar-refractivity contribution in [3.8, 4) is 11.1 Å². The number of nitrogens with one attached hydrogen (secondary N) is 2. The average molecular weight is 451 g/mol. The molecule has 0 spiro atoms. The molecule has 7 heteroatoms. The number of hydrogen-bond donors (Lipinski definition) is 3. The molecule has 0 unspecified atom stereocenters. The normalized spacial score (nSPS) is 20.3. The number of benzene rings is 2. The van der Waals surface area contributed by atoms with Crippen LogP contribution >= 0.6 is 0 Å². The van der Waals surface area contributed by atoms with Gasteiger partial charge in [0.15, 0.2) is 0 Å². The minimum Gasteiger partial charge on any atom is -0.481 e. The van der Waals surface area contributed by atoms with Crippen LogP contribution in [0.15, 0.2) is 48.5 Å². The summed E-state index contributed by atoms with van der Waals surface area (Å²) in [6.45, 7) is 2.00. The van der Waals surface area contributed by atoms with E-state index in [4.69, 9.17) is 4.74 Å². The Bertz CT molecular complexity index is 991. The van der Waals surface area contributed by atoms with Gasteiger partial charge in [0.2, 0.25) is 5.91 Å². The molecule has 2 amide bonds. The number of ether oxygens (including phenoxy) is 1. The van der Waals surface area contributed by atoms with Crippen molar-refractivity contribution in [3.05, 3.63) is 59.7 Å². The maximum atomic E-state index is 12.7. The zero-order valence-corrected chi connectivity index (χ0v) is 18.8. The Balaban J connectivity index is 1.33. The Labute approximate surface area is 193 Å². The molecule has 2 aliphatic carbocycles. The first-order valence-electron chi connectivity index (χ1n) is 11.6. The summed E-state index contributed by atoms with van der Waals surface area (Å²) in [5.74, 6) is -1.61. The fourth-order valence-electron chi connectivity index (χ4n) is 4.98. The molecule has 0 bridgehead atoms. The Kier molecular flexibility index (Phi) is 6.96. The van der Waals surface area contributed by atoms with Crippen LogP contribution in [0.25, 0.3) is 11.1 Å². The van der Waals surface area contributed by atoms with Crippen LogP contribution in [-0.4, -0.2) is 41.8 Å². The van der Waals surface area contributed by atoms with E-state index in [9.17, 15) is 19.5 Å². The van der Waals surface area contributed by atoms with Crippen LogP contribution in [0.1, 0.15) is 56.1 Å². The average Bonchev–Trinajstić information content (AvgIpc) is 3.15. The Morgan fingerprint density at radius 1 is 1.03 bits per heavy atom. The van der Waals surface area contributed by atoms with E-state index >= 15 is 0 Å². The van der Waals surface area contributed by atoms with E-state index in [2.05, 4.69) is 34.9 Å². The number of carboxylic acids is 1. The topological polar surface area (TPSA) is 105 Å². The Hall–Kier alpha value is -3.35. The van der Waals surface area contributed by atoms with Gasteiger partial charge in [-0.15, -0.1) is 0 Å². The van der Waals surface area contributed by atoms with E-state index in [1.54, 1.807) is 0 Å². The highest BCUT2D eigenvalue weighted by Crippen LogP contribution is 2.44. The molecular formula is C26H30N2O5. The first-order valence-corrected chi connectivity index (χ1v) is 11.6. The highest BCUT2D eigenvalue weighted by atomic mass is 16.5. The quantitative estimate of drug-likeness (QED) is 0.590. The summed E-state index contributed by atoms with van der Waals surface area (Å²) in [5.41, 5.74) is 4.56. The lowest BCUT2D eigenvalue weighted by Gasteiger charge is -2.29. The third-order valence-electron chi connectivity index (χ3n) is 6.73. The second-order valence-corrected chi connectivity index (χ2v) is 8.84. The first kappa shape index (κ1) is 22.8. The fraction of sp³-hybridized carbons (Fsp3) is 0.423. The zero-order valence-electron chi connectivity index (χ0n) is 18.8. The van der Waals surface area contributed by atoms with E-state index in [1.807, 2.05) is 31.2 Å². The lowest BCUT2D eigenvalue weighted by molar-refractivity contribution is -0.143. The van der Waals surface area contributed by atoms with Crippen molar-refractivity contribution in [2.75, 3.05) is 6.61 Å². The number of hydrogen-bond acceptors (Lipinski definition) is 4. The van der Waals surface area contributed by atoms with Gasteiger partial charge in [0.25, 0.3) is 0 Å². The van der Waals surface area contributed by atoms with Gasteiger partial charge >= 0.3 is 12.1 Å². The predicted molar refractivity (Wildman–Crippen MR) is 124 cm³/mol. The summed E-state index contributed by atoms with van der Waals surface area (Å²) < 4.78 is 5.55. The van der Waals surface area contributed by atoms with Crippen molar-refractivity contribution < 1.29 is 24.2 Å². The van der Waals surface area contributed by atoms with E-state index in [0.717, 1.165) is 35.1 Å². The second kappa shape index (κ2) is 10.1. The van der Waals surface area contributed by atoms with Gasteiger partial charge in [-0.25, -0.2) is 4.79 Å². The number of alkyl carbamates (subject to hydrolysis) is 1. The van der Waals surface area contributed by atoms with Crippen LogP contribution in [0.3, 0.4) is 0 Å². The van der Waals surface area contributed by atoms with Crippen molar-refractivity contribution in [1.82, 2.24) is 10.6 Å². The van der Waals surface area contributed by atoms with Crippen LogP contribution in [0.5, 0.6) is 0 Å². The Morgan fingerprint density at radius 3 is 2.27 bits per heavy atom. The van der Waals surface area contributed by atoms with E-state index in [1.165, 1.54) is 0 Å². The summed E-state index contributed by atoms with van der Waals surface area (Å²) >= 11 is 0. The molecule has 0 heterocycles. The van der Waals surface area contributed by atoms with Crippen molar-refractivity contribution >= 4 is 18.0 Å². The molecule has 33 heavy (non-hydrogen) atoms. The maximum absolute atomic E-state index is 12.7. The number of rotatable bonds is 7. The number of aliphatic carboxylic acids is 1. The summed E-state index contributed by atoms with van der Waals surface area (Å²) in [6, 6.07) is 15.3. The molecule has 0 aromatic heterocycles. The molecule has 174 valence electrons. The zero-order chi connectivity index (χ0) is 23.4. The number of carboxylic acid groups (broad SMARTS) is 1. The molecule has 4 rings (SSSR count). The highest BCUT2D eigenvalue weighted by Gasteiger charge is 2.31. The van der Waals surface area contributed by atoms with Gasteiger partial charge in [0.05, 0.1) is 5.92 Å². The fourth-order valence-corrected chi connectivity index (χ4v) is 4.98. The highest BCUT2D eigenvalue weighted by molar-refractivity contribution is 5.86. The maximum Gasteiger partial charge on any atom is 0.407 e. The molecule has 2 aromatic carbocycles. The van der Waals surface area contributed by atoms with Gasteiger partial charge < -0.3 is 20.5 Å². The lowest BCUT2D eigenvalue weighted by atomic mass is 9.85. The molecule has 2 aliphatic rings. The largest absolute Gasteiger partial charge is 0.481 e. The van der Waals surface area contributed by atoms with Crippen molar-refractivity contribution in [1.29, 1.82) is 0 Å². The monoisotopic (exact) mass is 450 g/mol. The van der Waals surface area contributed by atoms with Gasteiger partial charge in [-0.1, -0.05) is 61.9 Å². The molecule has 0 radical (unpaired) electrons. The van der Waals surface area contributed by atoms with Gasteiger partial charge in [-0.05, 0) is 47.9 Å². The molecule has 1 saturated carbocycles. The van der Waals surface area contributed by atoms with Gasteiger partial charge in [0, 0.05) is 12.0 Å². The molecular weight excluding hydrogens is 420 g/mol. The number of amides is 2. The van der Waals surface area contributed by atoms with Crippen molar-refractivity contribution in [2.45, 2.75) is 57.0 Å². The van der Waals surface area contributed by atoms with Crippen LogP contribution in [0.2, 0.25) is 0 Å². The van der Waals surface area contributed by atoms with Crippen molar-refractivity contribution in [3.63, 3.8) is 0 Å². The molecule has 2 aromatic rings. The second-order valence-electron chi connectivity index (χ2n) is 8.84. The summed E-state index contributed by atoms with van der Waals surface area (Å²) in [6.07, 6.45) is 2.34. The third-order valence-corrected chi connectivity index (χ3v) is 6.73. The molecule has 3 N–H and O–H groups in total.